The zero-order valence-electron chi connectivity index (χ0n) is 25.0. The summed E-state index contributed by atoms with van der Waals surface area (Å²) < 4.78 is 99.8. The van der Waals surface area contributed by atoms with E-state index in [0.717, 1.165) is 11.1 Å². The molecule has 2 unspecified atom stereocenters. The van der Waals surface area contributed by atoms with Crippen LogP contribution in [0, 0.1) is 0 Å². The van der Waals surface area contributed by atoms with Crippen LogP contribution in [0.4, 0.5) is 0 Å². The van der Waals surface area contributed by atoms with E-state index >= 15 is 0 Å². The summed E-state index contributed by atoms with van der Waals surface area (Å²) >= 11 is 13.5. The van der Waals surface area contributed by atoms with Gasteiger partial charge in [0.05, 0.1) is 44.7 Å². The van der Waals surface area contributed by atoms with Crippen molar-refractivity contribution < 1.29 is 32.7 Å². The first-order chi connectivity index (χ1) is 17.4. The van der Waals surface area contributed by atoms with E-state index in [-0.39, 0.29) is 11.5 Å². The van der Waals surface area contributed by atoms with Crippen molar-refractivity contribution >= 4 is 63.7 Å². The lowest BCUT2D eigenvalue weighted by atomic mass is 9.78. The summed E-state index contributed by atoms with van der Waals surface area (Å²) in [6.07, 6.45) is -5.05. The number of rotatable bonds is 8. The van der Waals surface area contributed by atoms with Crippen LogP contribution in [0.2, 0.25) is 0 Å². The number of epoxide rings is 2. The molecule has 0 radical (unpaired) electrons. The lowest BCUT2D eigenvalue weighted by Gasteiger charge is -2.28. The summed E-state index contributed by atoms with van der Waals surface area (Å²) in [4.78, 5) is 0. The number of halogens is 4. The molecule has 2 aliphatic rings. The molecule has 2 aromatic rings. The monoisotopic (exact) mass is 662 g/mol. The van der Waals surface area contributed by atoms with Crippen LogP contribution < -0.4 is 9.47 Å². The van der Waals surface area contributed by atoms with Crippen LogP contribution in [0.5, 0.6) is 11.5 Å². The van der Waals surface area contributed by atoms with E-state index in [1.165, 1.54) is 0 Å². The fourth-order valence-electron chi connectivity index (χ4n) is 2.53. The van der Waals surface area contributed by atoms with Crippen LogP contribution in [0.1, 0.15) is 38.7 Å². The largest absolute Gasteiger partial charge is 0.488 e. The molecule has 2 heterocycles. The van der Waals surface area contributed by atoms with Crippen molar-refractivity contribution in [3.63, 3.8) is 0 Å². The normalized spacial score (nSPS) is 35.1. The maximum atomic E-state index is 8.09. The second kappa shape index (κ2) is 8.79. The molecule has 4 nitrogen and oxygen atoms in total. The van der Waals surface area contributed by atoms with Crippen LogP contribution in [-0.2, 0) is 14.9 Å². The van der Waals surface area contributed by atoms with E-state index in [1.54, 1.807) is 24.3 Å². The minimum absolute atomic E-state index is 0.0114. The predicted molar refractivity (Wildman–Crippen MR) is 126 cm³/mol. The summed E-state index contributed by atoms with van der Waals surface area (Å²) in [7, 11) is 0. The summed E-state index contributed by atoms with van der Waals surface area (Å²) in [5.74, 6) is 0.0228. The van der Waals surface area contributed by atoms with E-state index < -0.39 is 43.8 Å². The fraction of sp³-hybridized carbons (Fsp3) is 0.429. The van der Waals surface area contributed by atoms with Gasteiger partial charge in [-0.3, -0.25) is 0 Å². The minimum Gasteiger partial charge on any atom is -0.488 e. The maximum Gasteiger partial charge on any atom is 0.147 e. The summed E-state index contributed by atoms with van der Waals surface area (Å²) in [5, 5.41) is 0. The molecule has 0 aromatic heterocycles. The van der Waals surface area contributed by atoms with Gasteiger partial charge in [-0.05, 0) is 99.1 Å². The van der Waals surface area contributed by atoms with Crippen molar-refractivity contribution in [1.29, 1.82) is 0 Å². The average molecular weight is 666 g/mol. The number of benzene rings is 2. The van der Waals surface area contributed by atoms with Gasteiger partial charge in [-0.2, -0.15) is 0 Å². The highest BCUT2D eigenvalue weighted by molar-refractivity contribution is 9.11. The van der Waals surface area contributed by atoms with Crippen molar-refractivity contribution in [2.45, 2.75) is 31.4 Å². The molecule has 0 spiro atoms. The van der Waals surface area contributed by atoms with E-state index in [9.17, 15) is 0 Å². The molecule has 29 heavy (non-hydrogen) atoms. The highest BCUT2D eigenvalue weighted by Crippen LogP contribution is 2.44. The van der Waals surface area contributed by atoms with Gasteiger partial charge in [0.2, 0.25) is 0 Å². The Morgan fingerprint density at radius 3 is 1.48 bits per heavy atom. The quantitative estimate of drug-likeness (QED) is 0.298. The Morgan fingerprint density at radius 1 is 0.897 bits per heavy atom. The molecule has 0 amide bonds. The highest BCUT2D eigenvalue weighted by atomic mass is 79.9. The second-order valence-corrected chi connectivity index (χ2v) is 10.1. The molecular weight excluding hydrogens is 636 g/mol. The van der Waals surface area contributed by atoms with Gasteiger partial charge in [-0.15, -0.1) is 0 Å². The van der Waals surface area contributed by atoms with Crippen LogP contribution in [0.25, 0.3) is 0 Å². The zero-order chi connectivity index (χ0) is 29.8. The van der Waals surface area contributed by atoms with Gasteiger partial charge in [0.25, 0.3) is 0 Å². The van der Waals surface area contributed by atoms with Crippen LogP contribution in [0.15, 0.2) is 42.2 Å². The first kappa shape index (κ1) is 12.8. The summed E-state index contributed by atoms with van der Waals surface area (Å²) in [5.41, 5.74) is 0.771. The van der Waals surface area contributed by atoms with Gasteiger partial charge in [0, 0.05) is 5.41 Å². The third-order valence-corrected chi connectivity index (χ3v) is 6.70. The van der Waals surface area contributed by atoms with E-state index in [1.807, 2.05) is 13.8 Å². The predicted octanol–water partition coefficient (Wildman–Crippen LogP) is 6.62. The standard InChI is InChI=1S/C21H20Br4O4/c1-21(2,11-3-15(22)19(16(23)4-11)28-9-13-7-26-13)12-5-17(24)20(18(25)6-12)29-10-14-8-27-14/h3-6,13-14H,7-10H2,1-2H3/i7D2,8D2,9D2,10D2,13D,14D. The van der Waals surface area contributed by atoms with Crippen LogP contribution in [0.3, 0.4) is 0 Å². The smallest absolute Gasteiger partial charge is 0.147 e. The molecule has 8 heteroatoms. The molecule has 0 N–H and O–H groups in total. The zero-order valence-corrected chi connectivity index (χ0v) is 21.3. The molecule has 0 saturated carbocycles. The second-order valence-electron chi connectivity index (χ2n) is 6.64. The lowest BCUT2D eigenvalue weighted by molar-refractivity contribution is 0.260. The van der Waals surface area contributed by atoms with Gasteiger partial charge < -0.3 is 18.9 Å². The van der Waals surface area contributed by atoms with Gasteiger partial charge in [0.15, 0.2) is 0 Å². The number of hydrogen-bond donors (Lipinski definition) is 0. The minimum atomic E-state index is -2.81. The molecule has 4 rings (SSSR count). The Labute approximate surface area is 218 Å². The lowest BCUT2D eigenvalue weighted by Crippen LogP contribution is -2.19. The Kier molecular flexibility index (Phi) is 3.88. The van der Waals surface area contributed by atoms with Crippen LogP contribution >= 0.6 is 63.7 Å². The Bertz CT molecular complexity index is 1210. The summed E-state index contributed by atoms with van der Waals surface area (Å²) in [6.45, 7) is -6.79. The van der Waals surface area contributed by atoms with Gasteiger partial charge >= 0.3 is 0 Å². The topological polar surface area (TPSA) is 43.5 Å². The SMILES string of the molecule is [2H]C([2H])(Oc1c(Br)cc(C(C)(C)c2cc(Br)c(OC([2H])([2H])C3([2H])OC3([2H])[2H])c(Br)c2)cc1Br)C1([2H])OC1([2H])[2H]. The fourth-order valence-corrected chi connectivity index (χ4v) is 5.23. The molecular formula is C21H20Br4O4. The molecule has 2 atom stereocenters. The van der Waals surface area contributed by atoms with E-state index in [0.29, 0.717) is 17.9 Å². The third-order valence-electron chi connectivity index (χ3n) is 4.34. The molecule has 2 saturated heterocycles. The molecule has 2 aliphatic heterocycles. The Morgan fingerprint density at radius 2 is 1.21 bits per heavy atom. The van der Waals surface area contributed by atoms with Crippen molar-refractivity contribution in [3.05, 3.63) is 53.3 Å². The molecule has 2 aromatic carbocycles. The average Bonchev–Trinajstić information content (AvgIpc) is 3.53. The van der Waals surface area contributed by atoms with Crippen molar-refractivity contribution in [2.75, 3.05) is 26.2 Å². The maximum absolute atomic E-state index is 8.09. The first-order valence-electron chi connectivity index (χ1n) is 13.2. The van der Waals surface area contributed by atoms with Gasteiger partial charge in [0.1, 0.15) is 36.8 Å². The summed E-state index contributed by atoms with van der Waals surface area (Å²) in [6, 6.07) is 6.76. The molecule has 2 fully saturated rings. The van der Waals surface area contributed by atoms with Gasteiger partial charge in [-0.25, -0.2) is 0 Å². The third kappa shape index (κ3) is 5.21. The number of hydrogen-bond acceptors (Lipinski definition) is 4. The van der Waals surface area contributed by atoms with Gasteiger partial charge in [-0.1, -0.05) is 13.8 Å². The molecule has 0 bridgehead atoms. The number of ether oxygens (including phenoxy) is 4. The van der Waals surface area contributed by atoms with E-state index in [4.69, 9.17) is 23.2 Å². The Balaban J connectivity index is 1.63. The first-order valence-corrected chi connectivity index (χ1v) is 11.4. The van der Waals surface area contributed by atoms with Crippen LogP contribution in [-0.4, -0.2) is 38.4 Å². The highest BCUT2D eigenvalue weighted by Gasteiger charge is 2.29. The molecule has 156 valence electrons. The van der Waals surface area contributed by atoms with Crippen molar-refractivity contribution in [2.24, 2.45) is 0 Å². The van der Waals surface area contributed by atoms with Crippen molar-refractivity contribution in [1.82, 2.24) is 0 Å². The van der Waals surface area contributed by atoms with Crippen molar-refractivity contribution in [3.8, 4) is 11.5 Å². The Hall–Kier alpha value is -0.120. The molecule has 0 aliphatic carbocycles. The van der Waals surface area contributed by atoms with E-state index in [2.05, 4.69) is 73.2 Å².